The summed E-state index contributed by atoms with van der Waals surface area (Å²) in [4.78, 5) is 11.4. The molecule has 1 unspecified atom stereocenters. The number of hydrogen-bond donors (Lipinski definition) is 1. The number of amides is 1. The smallest absolute Gasteiger partial charge is 0.228 e. The van der Waals surface area contributed by atoms with E-state index in [-0.39, 0.29) is 23.4 Å². The van der Waals surface area contributed by atoms with Crippen molar-refractivity contribution in [2.24, 2.45) is 5.92 Å². The van der Waals surface area contributed by atoms with Gasteiger partial charge in [-0.1, -0.05) is 18.5 Å². The molecule has 0 saturated heterocycles. The molecule has 0 bridgehead atoms. The van der Waals surface area contributed by atoms with E-state index in [1.54, 1.807) is 6.92 Å². The highest BCUT2D eigenvalue weighted by Crippen LogP contribution is 2.22. The quantitative estimate of drug-likeness (QED) is 0.819. The summed E-state index contributed by atoms with van der Waals surface area (Å²) in [6.45, 7) is 1.68. The van der Waals surface area contributed by atoms with Crippen LogP contribution in [0.15, 0.2) is 18.2 Å². The van der Waals surface area contributed by atoms with Gasteiger partial charge in [0.05, 0.1) is 10.7 Å². The molecule has 0 spiro atoms. The summed E-state index contributed by atoms with van der Waals surface area (Å²) in [7, 11) is 0. The summed E-state index contributed by atoms with van der Waals surface area (Å²) in [5, 5.41) is 2.80. The summed E-state index contributed by atoms with van der Waals surface area (Å²) in [6.07, 6.45) is 0. The Morgan fingerprint density at radius 2 is 2.27 bits per heavy atom. The zero-order valence-corrected chi connectivity index (χ0v) is 9.57. The zero-order valence-electron chi connectivity index (χ0n) is 8.06. The number of hydrogen-bond acceptors (Lipinski definition) is 1. The van der Waals surface area contributed by atoms with Gasteiger partial charge in [-0.05, 0) is 18.2 Å². The lowest BCUT2D eigenvalue weighted by atomic mass is 10.2. The molecule has 1 rings (SSSR count). The van der Waals surface area contributed by atoms with Gasteiger partial charge < -0.3 is 5.32 Å². The van der Waals surface area contributed by atoms with Crippen molar-refractivity contribution in [3.8, 4) is 0 Å². The van der Waals surface area contributed by atoms with E-state index in [1.807, 2.05) is 0 Å². The predicted octanol–water partition coefficient (Wildman–Crippen LogP) is 3.29. The number of carbonyl (C=O) groups excluding carboxylic acids is 1. The molecule has 0 aromatic heterocycles. The predicted molar refractivity (Wildman–Crippen MR) is 59.9 cm³/mol. The second-order valence-corrected chi connectivity index (χ2v) is 3.88. The minimum atomic E-state index is -0.451. The lowest BCUT2D eigenvalue weighted by Gasteiger charge is -2.10. The summed E-state index contributed by atoms with van der Waals surface area (Å²) in [5.41, 5.74) is 0.263. The van der Waals surface area contributed by atoms with Crippen molar-refractivity contribution in [2.45, 2.75) is 6.92 Å². The Morgan fingerprint density at radius 1 is 1.60 bits per heavy atom. The van der Waals surface area contributed by atoms with Crippen molar-refractivity contribution in [1.82, 2.24) is 0 Å². The SMILES string of the molecule is CC(CCl)C(=O)Nc1cc(F)ccc1Cl. The van der Waals surface area contributed by atoms with E-state index in [0.29, 0.717) is 5.02 Å². The molecule has 1 aromatic carbocycles. The Kier molecular flexibility index (Phi) is 4.36. The third-order valence-corrected chi connectivity index (χ3v) is 2.66. The minimum absolute atomic E-state index is 0.207. The summed E-state index contributed by atoms with van der Waals surface area (Å²) in [6, 6.07) is 3.78. The molecule has 0 aliphatic carbocycles. The first-order chi connectivity index (χ1) is 7.04. The lowest BCUT2D eigenvalue weighted by Crippen LogP contribution is -2.21. The molecule has 1 N–H and O–H groups in total. The maximum atomic E-state index is 12.8. The zero-order chi connectivity index (χ0) is 11.4. The third kappa shape index (κ3) is 3.36. The van der Waals surface area contributed by atoms with Gasteiger partial charge in [0.15, 0.2) is 0 Å². The van der Waals surface area contributed by atoms with Gasteiger partial charge >= 0.3 is 0 Å². The molecule has 0 aliphatic heterocycles. The number of rotatable bonds is 3. The molecule has 2 nitrogen and oxygen atoms in total. The fourth-order valence-electron chi connectivity index (χ4n) is 0.919. The molecule has 0 saturated carbocycles. The van der Waals surface area contributed by atoms with E-state index in [9.17, 15) is 9.18 Å². The molecule has 82 valence electrons. The first kappa shape index (κ1) is 12.3. The van der Waals surface area contributed by atoms with Crippen LogP contribution in [0.3, 0.4) is 0 Å². The number of alkyl halides is 1. The van der Waals surface area contributed by atoms with Gasteiger partial charge in [-0.2, -0.15) is 0 Å². The van der Waals surface area contributed by atoms with Crippen LogP contribution in [0.2, 0.25) is 5.02 Å². The van der Waals surface area contributed by atoms with Crippen molar-refractivity contribution in [3.05, 3.63) is 29.0 Å². The van der Waals surface area contributed by atoms with Crippen molar-refractivity contribution < 1.29 is 9.18 Å². The van der Waals surface area contributed by atoms with Gasteiger partial charge in [-0.15, -0.1) is 11.6 Å². The largest absolute Gasteiger partial charge is 0.324 e. The monoisotopic (exact) mass is 249 g/mol. The van der Waals surface area contributed by atoms with Gasteiger partial charge in [0.25, 0.3) is 0 Å². The molecule has 1 amide bonds. The van der Waals surface area contributed by atoms with E-state index < -0.39 is 5.82 Å². The summed E-state index contributed by atoms with van der Waals surface area (Å²) < 4.78 is 12.8. The molecule has 5 heteroatoms. The van der Waals surface area contributed by atoms with Crippen molar-refractivity contribution in [3.63, 3.8) is 0 Å². The van der Waals surface area contributed by atoms with Crippen LogP contribution in [-0.4, -0.2) is 11.8 Å². The minimum Gasteiger partial charge on any atom is -0.324 e. The Bertz CT molecular complexity index is 370. The van der Waals surface area contributed by atoms with E-state index in [0.717, 1.165) is 0 Å². The fourth-order valence-corrected chi connectivity index (χ4v) is 1.22. The molecule has 0 aliphatic rings. The highest BCUT2D eigenvalue weighted by Gasteiger charge is 2.13. The topological polar surface area (TPSA) is 29.1 Å². The van der Waals surface area contributed by atoms with Crippen molar-refractivity contribution in [1.29, 1.82) is 0 Å². The molecule has 0 fully saturated rings. The van der Waals surface area contributed by atoms with Crippen LogP contribution in [0, 0.1) is 11.7 Å². The summed E-state index contributed by atoms with van der Waals surface area (Å²) >= 11 is 11.3. The standard InChI is InChI=1S/C10H10Cl2FNO/c1-6(5-11)10(15)14-9-4-7(13)2-3-8(9)12/h2-4,6H,5H2,1H3,(H,14,15). The van der Waals surface area contributed by atoms with Crippen LogP contribution in [0.5, 0.6) is 0 Å². The van der Waals surface area contributed by atoms with Gasteiger partial charge in [0.1, 0.15) is 5.82 Å². The van der Waals surface area contributed by atoms with Gasteiger partial charge in [0.2, 0.25) is 5.91 Å². The second kappa shape index (κ2) is 5.33. The van der Waals surface area contributed by atoms with Crippen LogP contribution in [0.25, 0.3) is 0 Å². The Hall–Kier alpha value is -0.800. The highest BCUT2D eigenvalue weighted by molar-refractivity contribution is 6.33. The molecule has 1 atom stereocenters. The number of anilines is 1. The number of halogens is 3. The van der Waals surface area contributed by atoms with E-state index in [1.165, 1.54) is 18.2 Å². The van der Waals surface area contributed by atoms with Crippen LogP contribution < -0.4 is 5.32 Å². The Morgan fingerprint density at radius 3 is 2.87 bits per heavy atom. The van der Waals surface area contributed by atoms with E-state index >= 15 is 0 Å². The number of carbonyl (C=O) groups is 1. The number of benzene rings is 1. The molecule has 15 heavy (non-hydrogen) atoms. The average Bonchev–Trinajstić information content (AvgIpc) is 2.22. The van der Waals surface area contributed by atoms with Crippen LogP contribution in [-0.2, 0) is 4.79 Å². The Labute approximate surface area is 97.4 Å². The molecule has 0 heterocycles. The van der Waals surface area contributed by atoms with Gasteiger partial charge in [0, 0.05) is 11.8 Å². The maximum absolute atomic E-state index is 12.8. The van der Waals surface area contributed by atoms with Crippen LogP contribution in [0.4, 0.5) is 10.1 Å². The summed E-state index contributed by atoms with van der Waals surface area (Å²) in [5.74, 6) is -0.865. The first-order valence-corrected chi connectivity index (χ1v) is 5.27. The average molecular weight is 250 g/mol. The fraction of sp³-hybridized carbons (Fsp3) is 0.300. The lowest BCUT2D eigenvalue weighted by molar-refractivity contribution is -0.118. The van der Waals surface area contributed by atoms with Crippen LogP contribution >= 0.6 is 23.2 Å². The Balaban J connectivity index is 2.80. The van der Waals surface area contributed by atoms with Crippen molar-refractivity contribution >= 4 is 34.8 Å². The molecule has 1 aromatic rings. The van der Waals surface area contributed by atoms with Crippen molar-refractivity contribution in [2.75, 3.05) is 11.2 Å². The molecular weight excluding hydrogens is 240 g/mol. The normalized spacial score (nSPS) is 12.3. The maximum Gasteiger partial charge on any atom is 0.228 e. The van der Waals surface area contributed by atoms with Gasteiger partial charge in [-0.25, -0.2) is 4.39 Å². The highest BCUT2D eigenvalue weighted by atomic mass is 35.5. The number of nitrogens with one attached hydrogen (secondary N) is 1. The molecule has 0 radical (unpaired) electrons. The van der Waals surface area contributed by atoms with E-state index in [4.69, 9.17) is 23.2 Å². The molecular formula is C10H10Cl2FNO. The van der Waals surface area contributed by atoms with E-state index in [2.05, 4.69) is 5.32 Å². The third-order valence-electron chi connectivity index (χ3n) is 1.87. The van der Waals surface area contributed by atoms with Gasteiger partial charge in [-0.3, -0.25) is 4.79 Å². The second-order valence-electron chi connectivity index (χ2n) is 3.17. The first-order valence-electron chi connectivity index (χ1n) is 4.36. The van der Waals surface area contributed by atoms with Crippen LogP contribution in [0.1, 0.15) is 6.92 Å².